The van der Waals surface area contributed by atoms with E-state index in [1.165, 1.54) is 12.1 Å². The Bertz CT molecular complexity index is 825. The van der Waals surface area contributed by atoms with E-state index in [0.29, 0.717) is 11.4 Å². The third kappa shape index (κ3) is 2.63. The molecule has 0 atom stereocenters. The molecule has 0 unspecified atom stereocenters. The van der Waals surface area contributed by atoms with Crippen molar-refractivity contribution in [2.75, 3.05) is 0 Å². The minimum atomic E-state index is -0.468. The van der Waals surface area contributed by atoms with Gasteiger partial charge >= 0.3 is 0 Å². The number of benzene rings is 1. The molecule has 0 spiro atoms. The van der Waals surface area contributed by atoms with Crippen LogP contribution in [0.2, 0.25) is 0 Å². The number of rotatable bonds is 3. The molecule has 0 radical (unpaired) electrons. The van der Waals surface area contributed by atoms with Crippen molar-refractivity contribution in [1.82, 2.24) is 9.88 Å². The van der Waals surface area contributed by atoms with Crippen LogP contribution in [0.5, 0.6) is 0 Å². The van der Waals surface area contributed by atoms with Gasteiger partial charge in [-0.1, -0.05) is 6.07 Å². The molecule has 7 nitrogen and oxygen atoms in total. The van der Waals surface area contributed by atoms with Gasteiger partial charge in [-0.25, -0.2) is 0 Å². The van der Waals surface area contributed by atoms with Gasteiger partial charge in [-0.3, -0.25) is 25.0 Å². The van der Waals surface area contributed by atoms with Crippen LogP contribution in [0.25, 0.3) is 11.8 Å². The van der Waals surface area contributed by atoms with Gasteiger partial charge in [0, 0.05) is 24.0 Å². The van der Waals surface area contributed by atoms with E-state index in [2.05, 4.69) is 5.32 Å². The fraction of sp³-hybridized carbons (Fsp3) is 0. The molecule has 110 valence electrons. The number of hydrogen-bond acceptors (Lipinski definition) is 5. The fourth-order valence-electron chi connectivity index (χ4n) is 2.06. The molecule has 3 rings (SSSR count). The van der Waals surface area contributed by atoms with Crippen molar-refractivity contribution in [2.24, 2.45) is 0 Å². The van der Waals surface area contributed by atoms with Gasteiger partial charge in [-0.05, 0) is 36.0 Å². The number of non-ortho nitro benzene ring substituents is 1. The Morgan fingerprint density at radius 1 is 1.23 bits per heavy atom. The van der Waals surface area contributed by atoms with E-state index in [9.17, 15) is 19.7 Å². The Hall–Kier alpha value is -2.87. The second kappa shape index (κ2) is 5.49. The Kier molecular flexibility index (Phi) is 3.51. The zero-order chi connectivity index (χ0) is 15.7. The van der Waals surface area contributed by atoms with E-state index >= 15 is 0 Å². The minimum Gasteiger partial charge on any atom is -0.317 e. The smallest absolute Gasteiger partial charge is 0.290 e. The number of nitro benzene ring substituents is 1. The lowest BCUT2D eigenvalue weighted by Gasteiger charge is -2.06. The van der Waals surface area contributed by atoms with Crippen LogP contribution in [0, 0.1) is 10.1 Å². The Labute approximate surface area is 128 Å². The number of thioether (sulfide) groups is 1. The molecule has 2 amide bonds. The highest BCUT2D eigenvalue weighted by Gasteiger charge is 2.25. The van der Waals surface area contributed by atoms with Crippen molar-refractivity contribution in [3.8, 4) is 5.69 Å². The molecule has 1 aliphatic heterocycles. The summed E-state index contributed by atoms with van der Waals surface area (Å²) in [6.45, 7) is 0. The third-order valence-electron chi connectivity index (χ3n) is 3.02. The molecule has 8 heteroatoms. The Morgan fingerprint density at radius 3 is 2.73 bits per heavy atom. The maximum Gasteiger partial charge on any atom is 0.290 e. The van der Waals surface area contributed by atoms with Gasteiger partial charge in [0.05, 0.1) is 15.5 Å². The van der Waals surface area contributed by atoms with Gasteiger partial charge in [-0.2, -0.15) is 0 Å². The topological polar surface area (TPSA) is 94.2 Å². The summed E-state index contributed by atoms with van der Waals surface area (Å²) in [5, 5.41) is 12.6. The quantitative estimate of drug-likeness (QED) is 0.534. The van der Waals surface area contributed by atoms with Crippen molar-refractivity contribution in [3.05, 3.63) is 63.3 Å². The standard InChI is InChI=1S/C14H9N3O4S/c18-13-12(22-14(19)15-13)8-10-5-2-6-16(10)9-3-1-4-11(7-9)17(20)21/h1-8H,(H,15,18,19)/b12-8-. The molecule has 2 aromatic rings. The predicted molar refractivity (Wildman–Crippen MR) is 81.5 cm³/mol. The van der Waals surface area contributed by atoms with E-state index in [4.69, 9.17) is 0 Å². The summed E-state index contributed by atoms with van der Waals surface area (Å²) in [7, 11) is 0. The number of nitrogens with zero attached hydrogens (tertiary/aromatic N) is 2. The van der Waals surface area contributed by atoms with Crippen molar-refractivity contribution >= 4 is 34.7 Å². The van der Waals surface area contributed by atoms with Gasteiger partial charge in [0.25, 0.3) is 16.8 Å². The van der Waals surface area contributed by atoms with Crippen molar-refractivity contribution in [1.29, 1.82) is 0 Å². The highest BCUT2D eigenvalue weighted by Crippen LogP contribution is 2.27. The van der Waals surface area contributed by atoms with E-state index in [-0.39, 0.29) is 10.6 Å². The van der Waals surface area contributed by atoms with Gasteiger partial charge in [0.1, 0.15) is 0 Å². The molecule has 2 heterocycles. The first-order chi connectivity index (χ1) is 10.5. The molecular weight excluding hydrogens is 306 g/mol. The lowest BCUT2D eigenvalue weighted by atomic mass is 10.2. The molecule has 1 N–H and O–H groups in total. The zero-order valence-electron chi connectivity index (χ0n) is 11.1. The summed E-state index contributed by atoms with van der Waals surface area (Å²) >= 11 is 0.824. The fourth-order valence-corrected chi connectivity index (χ4v) is 2.73. The molecule has 1 saturated heterocycles. The molecule has 0 bridgehead atoms. The maximum absolute atomic E-state index is 11.6. The first kappa shape index (κ1) is 14.1. The molecule has 1 aromatic carbocycles. The second-order valence-electron chi connectivity index (χ2n) is 4.43. The average Bonchev–Trinajstić information content (AvgIpc) is 3.06. The number of nitro groups is 1. The van der Waals surface area contributed by atoms with E-state index in [0.717, 1.165) is 11.8 Å². The predicted octanol–water partition coefficient (Wildman–Crippen LogP) is 2.71. The van der Waals surface area contributed by atoms with Gasteiger partial charge < -0.3 is 4.57 Å². The van der Waals surface area contributed by atoms with Crippen molar-refractivity contribution in [2.45, 2.75) is 0 Å². The number of carbonyl (C=O) groups excluding carboxylic acids is 2. The molecule has 1 aromatic heterocycles. The first-order valence-electron chi connectivity index (χ1n) is 6.21. The third-order valence-corrected chi connectivity index (χ3v) is 3.83. The molecular formula is C14H9N3O4S. The van der Waals surface area contributed by atoms with Crippen molar-refractivity contribution < 1.29 is 14.5 Å². The largest absolute Gasteiger partial charge is 0.317 e. The van der Waals surface area contributed by atoms with Gasteiger partial charge in [0.15, 0.2) is 0 Å². The zero-order valence-corrected chi connectivity index (χ0v) is 11.9. The van der Waals surface area contributed by atoms with E-state index in [1.807, 2.05) is 0 Å². The number of imide groups is 1. The summed E-state index contributed by atoms with van der Waals surface area (Å²) in [6, 6.07) is 9.67. The monoisotopic (exact) mass is 315 g/mol. The van der Waals surface area contributed by atoms with Crippen LogP contribution in [-0.4, -0.2) is 20.6 Å². The number of aromatic nitrogens is 1. The molecule has 0 aliphatic carbocycles. The van der Waals surface area contributed by atoms with Crippen LogP contribution in [0.4, 0.5) is 10.5 Å². The van der Waals surface area contributed by atoms with Crippen LogP contribution in [0.3, 0.4) is 0 Å². The minimum absolute atomic E-state index is 0.0204. The summed E-state index contributed by atoms with van der Waals surface area (Å²) in [4.78, 5) is 33.4. The number of amides is 2. The summed E-state index contributed by atoms with van der Waals surface area (Å²) in [5.74, 6) is -0.443. The number of hydrogen-bond donors (Lipinski definition) is 1. The van der Waals surface area contributed by atoms with Crippen LogP contribution >= 0.6 is 11.8 Å². The number of carbonyl (C=O) groups is 2. The lowest BCUT2D eigenvalue weighted by Crippen LogP contribution is -2.17. The molecule has 1 fully saturated rings. The maximum atomic E-state index is 11.6. The SMILES string of the molecule is O=C1NC(=O)/C(=C/c2cccn2-c2cccc([N+](=O)[O-])c2)S1. The Morgan fingerprint density at radius 2 is 2.05 bits per heavy atom. The van der Waals surface area contributed by atoms with E-state index < -0.39 is 16.1 Å². The van der Waals surface area contributed by atoms with Gasteiger partial charge in [-0.15, -0.1) is 0 Å². The highest BCUT2D eigenvalue weighted by molar-refractivity contribution is 8.18. The average molecular weight is 315 g/mol. The summed E-state index contributed by atoms with van der Waals surface area (Å²) in [6.07, 6.45) is 3.30. The highest BCUT2D eigenvalue weighted by atomic mass is 32.2. The summed E-state index contributed by atoms with van der Waals surface area (Å²) < 4.78 is 1.70. The summed E-state index contributed by atoms with van der Waals surface area (Å²) in [5.41, 5.74) is 1.22. The van der Waals surface area contributed by atoms with Gasteiger partial charge in [0.2, 0.25) is 0 Å². The van der Waals surface area contributed by atoms with Crippen LogP contribution in [0.15, 0.2) is 47.5 Å². The molecule has 1 aliphatic rings. The Balaban J connectivity index is 2.01. The second-order valence-corrected chi connectivity index (χ2v) is 5.45. The van der Waals surface area contributed by atoms with Crippen molar-refractivity contribution in [3.63, 3.8) is 0 Å². The van der Waals surface area contributed by atoms with E-state index in [1.54, 1.807) is 41.1 Å². The van der Waals surface area contributed by atoms with Crippen LogP contribution < -0.4 is 5.32 Å². The normalized spacial score (nSPS) is 16.1. The molecule has 0 saturated carbocycles. The number of nitrogens with one attached hydrogen (secondary N) is 1. The molecule has 22 heavy (non-hydrogen) atoms. The lowest BCUT2D eigenvalue weighted by molar-refractivity contribution is -0.384. The first-order valence-corrected chi connectivity index (χ1v) is 7.03. The van der Waals surface area contributed by atoms with Crippen LogP contribution in [-0.2, 0) is 4.79 Å². The van der Waals surface area contributed by atoms with Crippen LogP contribution in [0.1, 0.15) is 5.69 Å².